The number of hydrogen-bond acceptors (Lipinski definition) is 3. The Morgan fingerprint density at radius 2 is 1.23 bits per heavy atom. The van der Waals surface area contributed by atoms with E-state index in [0.29, 0.717) is 19.3 Å². The predicted molar refractivity (Wildman–Crippen MR) is 104 cm³/mol. The minimum absolute atomic E-state index is 0.280. The number of Topliss-reactive ketones (excluding diaryl/α,β-unsaturated/α-hetero) is 1. The maximum atomic E-state index is 11.8. The number of nitrogens with one attached hydrogen (secondary N) is 1. The third-order valence-corrected chi connectivity index (χ3v) is 4.77. The number of unbranched alkanes of at least 4 members (excludes halogenated alkanes) is 12. The van der Waals surface area contributed by atoms with E-state index in [9.17, 15) is 9.59 Å². The summed E-state index contributed by atoms with van der Waals surface area (Å²) in [6, 6.07) is 0. The van der Waals surface area contributed by atoms with E-state index >= 15 is 0 Å². The van der Waals surface area contributed by atoms with Crippen LogP contribution in [0, 0.1) is 0 Å². The summed E-state index contributed by atoms with van der Waals surface area (Å²) in [4.78, 5) is 29.2. The highest BCUT2D eigenvalue weighted by Crippen LogP contribution is 2.13. The molecule has 26 heavy (non-hydrogen) atoms. The molecular weight excluding hydrogens is 328 g/mol. The van der Waals surface area contributed by atoms with Crippen molar-refractivity contribution in [3.63, 3.8) is 0 Å². The fourth-order valence-corrected chi connectivity index (χ4v) is 3.21. The van der Waals surface area contributed by atoms with Crippen molar-refractivity contribution in [3.05, 3.63) is 18.2 Å². The van der Waals surface area contributed by atoms with Crippen molar-refractivity contribution in [1.82, 2.24) is 9.97 Å². The predicted octanol–water partition coefficient (Wildman–Crippen LogP) is 5.46. The third kappa shape index (κ3) is 13.6. The quantitative estimate of drug-likeness (QED) is 0.339. The SMILES string of the molecule is O=C(O)CCCCCCCCCCCCCCCC(=O)Cc1ncc[nH]1. The molecule has 0 aliphatic carbocycles. The Morgan fingerprint density at radius 1 is 0.769 bits per heavy atom. The average Bonchev–Trinajstić information content (AvgIpc) is 3.11. The van der Waals surface area contributed by atoms with Crippen LogP contribution >= 0.6 is 0 Å². The van der Waals surface area contributed by atoms with E-state index in [1.54, 1.807) is 12.4 Å². The second kappa shape index (κ2) is 15.6. The molecule has 0 bridgehead atoms. The summed E-state index contributed by atoms with van der Waals surface area (Å²) in [6.45, 7) is 0. The van der Waals surface area contributed by atoms with Gasteiger partial charge < -0.3 is 10.1 Å². The number of rotatable bonds is 18. The second-order valence-corrected chi connectivity index (χ2v) is 7.24. The van der Waals surface area contributed by atoms with Crippen molar-refractivity contribution in [3.8, 4) is 0 Å². The van der Waals surface area contributed by atoms with Gasteiger partial charge in [-0.1, -0.05) is 70.6 Å². The van der Waals surface area contributed by atoms with Gasteiger partial charge in [0.25, 0.3) is 0 Å². The summed E-state index contributed by atoms with van der Waals surface area (Å²) in [6.07, 6.45) is 20.4. The van der Waals surface area contributed by atoms with Crippen molar-refractivity contribution in [2.75, 3.05) is 0 Å². The van der Waals surface area contributed by atoms with Crippen molar-refractivity contribution in [2.45, 2.75) is 103 Å². The first-order valence-electron chi connectivity index (χ1n) is 10.4. The third-order valence-electron chi connectivity index (χ3n) is 4.77. The monoisotopic (exact) mass is 364 g/mol. The molecule has 0 aliphatic rings. The van der Waals surface area contributed by atoms with E-state index < -0.39 is 5.97 Å². The highest BCUT2D eigenvalue weighted by Gasteiger charge is 2.05. The number of carbonyl (C=O) groups is 2. The number of ketones is 1. The van der Waals surface area contributed by atoms with Crippen LogP contribution in [-0.2, 0) is 16.0 Å². The summed E-state index contributed by atoms with van der Waals surface area (Å²) in [5.74, 6) is 0.378. The molecule has 0 fully saturated rings. The van der Waals surface area contributed by atoms with Crippen molar-refractivity contribution >= 4 is 11.8 Å². The first kappa shape index (κ1) is 22.4. The standard InChI is InChI=1S/C21H36N2O3/c24-19(18-20-22-16-17-23-20)14-12-10-8-6-4-2-1-3-5-7-9-11-13-15-21(25)26/h16-17H,1-15,18H2,(H,22,23)(H,25,26). The highest BCUT2D eigenvalue weighted by molar-refractivity contribution is 5.80. The minimum Gasteiger partial charge on any atom is -0.481 e. The second-order valence-electron chi connectivity index (χ2n) is 7.24. The molecule has 1 aromatic heterocycles. The molecule has 0 saturated heterocycles. The number of aliphatic carboxylic acids is 1. The molecule has 5 heteroatoms. The number of carboxylic acid groups (broad SMARTS) is 1. The molecule has 0 unspecified atom stereocenters. The summed E-state index contributed by atoms with van der Waals surface area (Å²) in [5.41, 5.74) is 0. The number of imidazole rings is 1. The summed E-state index contributed by atoms with van der Waals surface area (Å²) < 4.78 is 0. The summed E-state index contributed by atoms with van der Waals surface area (Å²) >= 11 is 0. The lowest BCUT2D eigenvalue weighted by Gasteiger charge is -2.03. The van der Waals surface area contributed by atoms with Gasteiger partial charge in [-0.2, -0.15) is 0 Å². The number of H-pyrrole nitrogens is 1. The lowest BCUT2D eigenvalue weighted by atomic mass is 10.0. The lowest BCUT2D eigenvalue weighted by molar-refractivity contribution is -0.137. The van der Waals surface area contributed by atoms with Gasteiger partial charge in [-0.15, -0.1) is 0 Å². The molecule has 0 atom stereocenters. The van der Waals surface area contributed by atoms with Gasteiger partial charge in [0.2, 0.25) is 0 Å². The van der Waals surface area contributed by atoms with Crippen LogP contribution in [0.3, 0.4) is 0 Å². The molecule has 1 aromatic rings. The van der Waals surface area contributed by atoms with Gasteiger partial charge in [0.1, 0.15) is 11.6 Å². The van der Waals surface area contributed by atoms with Crippen molar-refractivity contribution in [1.29, 1.82) is 0 Å². The molecule has 0 spiro atoms. The van der Waals surface area contributed by atoms with Gasteiger partial charge in [-0.3, -0.25) is 9.59 Å². The summed E-state index contributed by atoms with van der Waals surface area (Å²) in [5, 5.41) is 8.56. The zero-order valence-corrected chi connectivity index (χ0v) is 16.2. The van der Waals surface area contributed by atoms with Crippen molar-refractivity contribution < 1.29 is 14.7 Å². The molecule has 2 N–H and O–H groups in total. The molecule has 1 heterocycles. The van der Waals surface area contributed by atoms with E-state index in [1.807, 2.05) is 0 Å². The lowest BCUT2D eigenvalue weighted by Crippen LogP contribution is -2.03. The van der Waals surface area contributed by atoms with Crippen LogP contribution in [0.25, 0.3) is 0 Å². The Labute approximate surface area is 158 Å². The molecular formula is C21H36N2O3. The van der Waals surface area contributed by atoms with Gasteiger partial charge in [-0.25, -0.2) is 4.98 Å². The zero-order chi connectivity index (χ0) is 18.9. The Morgan fingerprint density at radius 3 is 1.65 bits per heavy atom. The largest absolute Gasteiger partial charge is 0.481 e. The fourth-order valence-electron chi connectivity index (χ4n) is 3.21. The van der Waals surface area contributed by atoms with Crippen molar-refractivity contribution in [2.24, 2.45) is 0 Å². The van der Waals surface area contributed by atoms with Crippen LogP contribution in [0.4, 0.5) is 0 Å². The molecule has 0 amide bonds. The average molecular weight is 365 g/mol. The first-order valence-corrected chi connectivity index (χ1v) is 10.4. The minimum atomic E-state index is -0.675. The van der Waals surface area contributed by atoms with Crippen LogP contribution < -0.4 is 0 Å². The molecule has 0 aliphatic heterocycles. The molecule has 148 valence electrons. The number of aromatic nitrogens is 2. The van der Waals surface area contributed by atoms with Gasteiger partial charge in [-0.05, 0) is 12.8 Å². The topological polar surface area (TPSA) is 83.0 Å². The van der Waals surface area contributed by atoms with Gasteiger partial charge in [0.05, 0.1) is 6.42 Å². The molecule has 1 rings (SSSR count). The van der Waals surface area contributed by atoms with Crippen LogP contribution in [-0.4, -0.2) is 26.8 Å². The van der Waals surface area contributed by atoms with E-state index in [1.165, 1.54) is 57.8 Å². The van der Waals surface area contributed by atoms with Crippen LogP contribution in [0.15, 0.2) is 12.4 Å². The van der Waals surface area contributed by atoms with Crippen LogP contribution in [0.1, 0.15) is 102 Å². The fraction of sp³-hybridized carbons (Fsp3) is 0.762. The number of nitrogens with zero attached hydrogens (tertiary/aromatic N) is 1. The van der Waals surface area contributed by atoms with Gasteiger partial charge >= 0.3 is 5.97 Å². The Hall–Kier alpha value is -1.65. The van der Waals surface area contributed by atoms with Gasteiger partial charge in [0.15, 0.2) is 0 Å². The smallest absolute Gasteiger partial charge is 0.303 e. The van der Waals surface area contributed by atoms with Crippen LogP contribution in [0.2, 0.25) is 0 Å². The van der Waals surface area contributed by atoms with E-state index in [0.717, 1.165) is 31.5 Å². The first-order chi connectivity index (χ1) is 12.7. The highest BCUT2D eigenvalue weighted by atomic mass is 16.4. The zero-order valence-electron chi connectivity index (χ0n) is 16.2. The Balaban J connectivity index is 1.74. The van der Waals surface area contributed by atoms with Crippen LogP contribution in [0.5, 0.6) is 0 Å². The molecule has 0 aromatic carbocycles. The van der Waals surface area contributed by atoms with E-state index in [4.69, 9.17) is 5.11 Å². The molecule has 0 radical (unpaired) electrons. The maximum Gasteiger partial charge on any atom is 0.303 e. The molecule has 5 nitrogen and oxygen atoms in total. The Bertz CT molecular complexity index is 472. The number of aromatic amines is 1. The van der Waals surface area contributed by atoms with E-state index in [-0.39, 0.29) is 5.78 Å². The molecule has 0 saturated carbocycles. The number of carboxylic acids is 1. The normalized spacial score (nSPS) is 10.9. The number of carbonyl (C=O) groups excluding carboxylic acids is 1. The van der Waals surface area contributed by atoms with Gasteiger partial charge in [0, 0.05) is 25.2 Å². The summed E-state index contributed by atoms with van der Waals surface area (Å²) in [7, 11) is 0. The number of hydrogen-bond donors (Lipinski definition) is 2. The maximum absolute atomic E-state index is 11.8. The van der Waals surface area contributed by atoms with E-state index in [2.05, 4.69) is 9.97 Å². The Kier molecular flexibility index (Phi) is 13.4.